The summed E-state index contributed by atoms with van der Waals surface area (Å²) in [5, 5.41) is 11.7. The van der Waals surface area contributed by atoms with E-state index in [0.717, 1.165) is 137 Å². The Morgan fingerprint density at radius 3 is 2.07 bits per heavy atom. The lowest BCUT2D eigenvalue weighted by Crippen LogP contribution is -2.49. The maximum atomic E-state index is 14.0. The van der Waals surface area contributed by atoms with Crippen molar-refractivity contribution in [3.8, 4) is 11.1 Å². The predicted octanol–water partition coefficient (Wildman–Crippen LogP) is 5.95. The Labute approximate surface area is 403 Å². The minimum absolute atomic E-state index is 0.0000986. The van der Waals surface area contributed by atoms with E-state index in [2.05, 4.69) is 90.3 Å². The fourth-order valence-corrected chi connectivity index (χ4v) is 9.30. The predicted molar refractivity (Wildman–Crippen MR) is 270 cm³/mol. The maximum Gasteiger partial charge on any atom is 0.253 e. The minimum Gasteiger partial charge on any atom is -0.381 e. The van der Waals surface area contributed by atoms with Crippen molar-refractivity contribution in [2.24, 2.45) is 0 Å². The summed E-state index contributed by atoms with van der Waals surface area (Å²) in [6.45, 7) is 16.1. The van der Waals surface area contributed by atoms with Crippen LogP contribution in [0, 0.1) is 20.8 Å². The zero-order valence-electron chi connectivity index (χ0n) is 40.9. The third-order valence-electron chi connectivity index (χ3n) is 13.3. The van der Waals surface area contributed by atoms with Gasteiger partial charge in [-0.05, 0) is 118 Å². The van der Waals surface area contributed by atoms with Crippen molar-refractivity contribution in [1.82, 2.24) is 36.1 Å². The highest BCUT2D eigenvalue weighted by atomic mass is 16.5. The number of ether oxygens (including phenoxy) is 1. The number of amides is 4. The van der Waals surface area contributed by atoms with Gasteiger partial charge in [0.05, 0.1) is 13.1 Å². The molecule has 68 heavy (non-hydrogen) atoms. The number of nitrogens with one attached hydrogen (secondary N) is 5. The van der Waals surface area contributed by atoms with Crippen LogP contribution >= 0.6 is 0 Å². The van der Waals surface area contributed by atoms with Crippen LogP contribution in [0.15, 0.2) is 77.6 Å². The van der Waals surface area contributed by atoms with Crippen LogP contribution in [0.3, 0.4) is 0 Å². The number of piperazine rings is 1. The molecule has 0 spiro atoms. The van der Waals surface area contributed by atoms with Crippen molar-refractivity contribution in [2.75, 3.05) is 77.0 Å². The molecule has 14 nitrogen and oxygen atoms in total. The Kier molecular flexibility index (Phi) is 20.2. The number of anilines is 1. The lowest BCUT2D eigenvalue weighted by molar-refractivity contribution is -0.126. The van der Waals surface area contributed by atoms with Crippen LogP contribution in [0.4, 0.5) is 5.69 Å². The van der Waals surface area contributed by atoms with E-state index >= 15 is 0 Å². The van der Waals surface area contributed by atoms with Crippen LogP contribution in [0.1, 0.15) is 102 Å². The largest absolute Gasteiger partial charge is 0.381 e. The fourth-order valence-electron chi connectivity index (χ4n) is 9.30. The van der Waals surface area contributed by atoms with Crippen molar-refractivity contribution in [2.45, 2.75) is 105 Å². The van der Waals surface area contributed by atoms with Gasteiger partial charge in [0.25, 0.3) is 11.5 Å². The molecule has 0 aliphatic carbocycles. The van der Waals surface area contributed by atoms with Crippen LogP contribution in [0.25, 0.3) is 11.1 Å². The van der Waals surface area contributed by atoms with E-state index in [9.17, 15) is 24.0 Å². The molecule has 2 aliphatic heterocycles. The summed E-state index contributed by atoms with van der Waals surface area (Å²) in [6, 6.07) is 25.1. The quantitative estimate of drug-likeness (QED) is 0.0534. The Morgan fingerprint density at radius 1 is 0.721 bits per heavy atom. The molecule has 0 unspecified atom stereocenters. The van der Waals surface area contributed by atoms with Crippen LogP contribution in [0.5, 0.6) is 0 Å². The van der Waals surface area contributed by atoms with Crippen LogP contribution < -0.4 is 31.7 Å². The van der Waals surface area contributed by atoms with Gasteiger partial charge in [0, 0.05) is 107 Å². The molecule has 366 valence electrons. The standard InChI is InChI=1S/C54H74N8O6/c1-5-62(46-22-30-68-31-23-46)49-34-45(33-47(41(49)4)53(66)58-35-48-39(2)32-40(3)59-54(48)67)44-20-18-43(19-21-44)37-60-26-28-61(29-27-60)38-52(65)56-25-12-7-6-11-24-55-51(64)36-57-50(63)17-13-16-42-14-9-8-10-15-42/h8-10,14-15,18-21,32-34,46H,5-7,11-13,16-17,22-31,35-38H2,1-4H3,(H,55,64)(H,56,65)(H,57,63)(H,58,66)(H,59,67). The van der Waals surface area contributed by atoms with E-state index in [0.29, 0.717) is 43.2 Å². The molecule has 14 heteroatoms. The Bertz CT molecular complexity index is 2320. The number of nitrogens with zero attached hydrogens (tertiary/aromatic N) is 3. The highest BCUT2D eigenvalue weighted by Gasteiger charge is 2.26. The normalized spacial score (nSPS) is 14.6. The molecule has 3 aromatic carbocycles. The third-order valence-corrected chi connectivity index (χ3v) is 13.3. The number of carbonyl (C=O) groups is 4. The van der Waals surface area contributed by atoms with Gasteiger partial charge >= 0.3 is 0 Å². The van der Waals surface area contributed by atoms with E-state index in [1.807, 2.05) is 51.1 Å². The van der Waals surface area contributed by atoms with E-state index in [1.165, 1.54) is 11.1 Å². The van der Waals surface area contributed by atoms with E-state index in [4.69, 9.17) is 4.74 Å². The van der Waals surface area contributed by atoms with Gasteiger partial charge in [-0.3, -0.25) is 33.8 Å². The highest BCUT2D eigenvalue weighted by molar-refractivity contribution is 5.99. The average Bonchev–Trinajstić information content (AvgIpc) is 3.33. The van der Waals surface area contributed by atoms with Crippen molar-refractivity contribution in [1.29, 1.82) is 0 Å². The van der Waals surface area contributed by atoms with Gasteiger partial charge < -0.3 is 35.9 Å². The highest BCUT2D eigenvalue weighted by Crippen LogP contribution is 2.34. The number of H-pyrrole nitrogens is 1. The van der Waals surface area contributed by atoms with Crippen LogP contribution in [0.2, 0.25) is 0 Å². The van der Waals surface area contributed by atoms with Gasteiger partial charge in [-0.15, -0.1) is 0 Å². The molecular formula is C54H74N8O6. The molecule has 1 aromatic heterocycles. The van der Waals surface area contributed by atoms with E-state index < -0.39 is 0 Å². The molecular weight excluding hydrogens is 857 g/mol. The molecule has 3 heterocycles. The molecule has 4 amide bonds. The van der Waals surface area contributed by atoms with Gasteiger partial charge in [0.15, 0.2) is 0 Å². The molecule has 2 fully saturated rings. The number of carbonyl (C=O) groups excluding carboxylic acids is 4. The summed E-state index contributed by atoms with van der Waals surface area (Å²) in [4.78, 5) is 73.6. The number of hydrogen-bond donors (Lipinski definition) is 5. The van der Waals surface area contributed by atoms with Crippen molar-refractivity contribution in [3.05, 3.63) is 122 Å². The lowest BCUT2D eigenvalue weighted by Gasteiger charge is -2.37. The summed E-state index contributed by atoms with van der Waals surface area (Å²) in [5.41, 5.74) is 8.98. The second kappa shape index (κ2) is 26.6. The molecule has 2 saturated heterocycles. The number of aromatic nitrogens is 1. The van der Waals surface area contributed by atoms with Gasteiger partial charge in [0.2, 0.25) is 17.7 Å². The summed E-state index contributed by atoms with van der Waals surface area (Å²) in [6.07, 6.45) is 7.50. The first-order chi connectivity index (χ1) is 33.0. The second-order valence-corrected chi connectivity index (χ2v) is 18.4. The molecule has 0 atom stereocenters. The molecule has 6 rings (SSSR count). The SMILES string of the molecule is CCN(c1cc(-c2ccc(CN3CCN(CC(=O)NCCCCCCNC(=O)CNC(=O)CCCc4ccccc4)CC3)cc2)cc(C(=O)NCc2c(C)cc(C)[nH]c2=O)c1C)C1CCOCC1. The minimum atomic E-state index is -0.209. The van der Waals surface area contributed by atoms with Gasteiger partial charge in [-0.2, -0.15) is 0 Å². The third kappa shape index (κ3) is 15.9. The van der Waals surface area contributed by atoms with Gasteiger partial charge in [-0.1, -0.05) is 67.4 Å². The maximum absolute atomic E-state index is 14.0. The second-order valence-electron chi connectivity index (χ2n) is 18.4. The first-order valence-electron chi connectivity index (χ1n) is 24.8. The summed E-state index contributed by atoms with van der Waals surface area (Å²) in [7, 11) is 0. The van der Waals surface area contributed by atoms with Crippen LogP contribution in [-0.2, 0) is 38.6 Å². The van der Waals surface area contributed by atoms with Crippen molar-refractivity contribution >= 4 is 29.3 Å². The zero-order chi connectivity index (χ0) is 48.3. The number of benzene rings is 3. The molecule has 5 N–H and O–H groups in total. The number of rotatable bonds is 24. The summed E-state index contributed by atoms with van der Waals surface area (Å²) >= 11 is 0. The first-order valence-corrected chi connectivity index (χ1v) is 24.8. The summed E-state index contributed by atoms with van der Waals surface area (Å²) < 4.78 is 5.70. The number of hydrogen-bond acceptors (Lipinski definition) is 9. The molecule has 0 radical (unpaired) electrons. The topological polar surface area (TPSA) is 168 Å². The van der Waals surface area contributed by atoms with Crippen molar-refractivity contribution in [3.63, 3.8) is 0 Å². The molecule has 4 aromatic rings. The number of pyridine rings is 1. The molecule has 2 aliphatic rings. The molecule has 0 saturated carbocycles. The number of unbranched alkanes of at least 4 members (excludes halogenated alkanes) is 3. The smallest absolute Gasteiger partial charge is 0.253 e. The Hall–Kier alpha value is -5.83. The van der Waals surface area contributed by atoms with Crippen molar-refractivity contribution < 1.29 is 23.9 Å². The van der Waals surface area contributed by atoms with Crippen LogP contribution in [-0.4, -0.2) is 117 Å². The summed E-state index contributed by atoms with van der Waals surface area (Å²) in [5.74, 6) is -0.439. The Morgan fingerprint density at radius 2 is 1.40 bits per heavy atom. The molecule has 0 bridgehead atoms. The van der Waals surface area contributed by atoms with E-state index in [-0.39, 0.29) is 42.3 Å². The number of aryl methyl sites for hydroxylation is 3. The van der Waals surface area contributed by atoms with Gasteiger partial charge in [0.1, 0.15) is 0 Å². The fraction of sp³-hybridized carbons (Fsp3) is 0.500. The average molecular weight is 931 g/mol. The lowest BCUT2D eigenvalue weighted by atomic mass is 9.94. The Balaban J connectivity index is 0.899. The monoisotopic (exact) mass is 931 g/mol. The van der Waals surface area contributed by atoms with E-state index in [1.54, 1.807) is 0 Å². The number of aromatic amines is 1. The first kappa shape index (κ1) is 51.6. The zero-order valence-corrected chi connectivity index (χ0v) is 40.9. The van der Waals surface area contributed by atoms with Gasteiger partial charge in [-0.25, -0.2) is 0 Å².